The molecule has 0 aliphatic rings. The van der Waals surface area contributed by atoms with E-state index in [1.807, 2.05) is 29.8 Å². The summed E-state index contributed by atoms with van der Waals surface area (Å²) in [4.78, 5) is 4.22. The van der Waals surface area contributed by atoms with Crippen LogP contribution in [0.25, 0.3) is 28.0 Å². The standard InChI is InChI=1S/C17H12ClFN4/c1-22-17(12-4-7-16-20-9-15(18)23(16)10-12)14(8-21-22)11-2-5-13(19)6-3-11/h2-10H,1H3. The predicted octanol–water partition coefficient (Wildman–Crippen LogP) is 4.19. The predicted molar refractivity (Wildman–Crippen MR) is 87.8 cm³/mol. The third-order valence-electron chi connectivity index (χ3n) is 3.83. The molecule has 0 fully saturated rings. The van der Waals surface area contributed by atoms with Crippen LogP contribution in [0.3, 0.4) is 0 Å². The molecule has 0 saturated heterocycles. The summed E-state index contributed by atoms with van der Waals surface area (Å²) in [6.45, 7) is 0. The maximum atomic E-state index is 13.2. The molecule has 3 heterocycles. The summed E-state index contributed by atoms with van der Waals surface area (Å²) in [5.74, 6) is -0.259. The second kappa shape index (κ2) is 5.21. The van der Waals surface area contributed by atoms with Crippen LogP contribution >= 0.6 is 11.6 Å². The van der Waals surface area contributed by atoms with Crippen molar-refractivity contribution in [3.63, 3.8) is 0 Å². The van der Waals surface area contributed by atoms with E-state index >= 15 is 0 Å². The Balaban J connectivity index is 1.92. The van der Waals surface area contributed by atoms with Crippen LogP contribution in [-0.2, 0) is 7.05 Å². The molecule has 3 aromatic heterocycles. The van der Waals surface area contributed by atoms with Gasteiger partial charge in [-0.15, -0.1) is 0 Å². The first-order valence-electron chi connectivity index (χ1n) is 7.04. The number of nitrogens with zero attached hydrogens (tertiary/aromatic N) is 4. The first-order chi connectivity index (χ1) is 11.1. The Morgan fingerprint density at radius 3 is 2.52 bits per heavy atom. The highest BCUT2D eigenvalue weighted by molar-refractivity contribution is 6.29. The van der Waals surface area contributed by atoms with Gasteiger partial charge in [-0.3, -0.25) is 9.08 Å². The largest absolute Gasteiger partial charge is 0.290 e. The number of imidazole rings is 1. The quantitative estimate of drug-likeness (QED) is 0.553. The fraction of sp³-hybridized carbons (Fsp3) is 0.0588. The molecule has 0 N–H and O–H groups in total. The maximum Gasteiger partial charge on any atom is 0.137 e. The lowest BCUT2D eigenvalue weighted by molar-refractivity contribution is 0.628. The van der Waals surface area contributed by atoms with Gasteiger partial charge < -0.3 is 0 Å². The molecule has 6 heteroatoms. The van der Waals surface area contributed by atoms with Gasteiger partial charge in [-0.1, -0.05) is 23.7 Å². The second-order valence-electron chi connectivity index (χ2n) is 5.26. The molecular weight excluding hydrogens is 315 g/mol. The maximum absolute atomic E-state index is 13.2. The summed E-state index contributed by atoms with van der Waals surface area (Å²) < 4.78 is 16.8. The van der Waals surface area contributed by atoms with E-state index in [0.717, 1.165) is 28.0 Å². The molecule has 23 heavy (non-hydrogen) atoms. The molecule has 0 atom stereocenters. The van der Waals surface area contributed by atoms with Gasteiger partial charge in [-0.2, -0.15) is 5.10 Å². The van der Waals surface area contributed by atoms with E-state index in [0.29, 0.717) is 5.15 Å². The minimum Gasteiger partial charge on any atom is -0.290 e. The number of rotatable bonds is 2. The molecule has 114 valence electrons. The van der Waals surface area contributed by atoms with E-state index in [1.54, 1.807) is 29.2 Å². The average Bonchev–Trinajstić information content (AvgIpc) is 3.11. The Bertz CT molecular complexity index is 1000. The van der Waals surface area contributed by atoms with Crippen molar-refractivity contribution >= 4 is 17.2 Å². The minimum atomic E-state index is -0.259. The van der Waals surface area contributed by atoms with E-state index in [4.69, 9.17) is 11.6 Å². The normalized spacial score (nSPS) is 11.3. The lowest BCUT2D eigenvalue weighted by Gasteiger charge is -2.08. The number of aryl methyl sites for hydroxylation is 1. The van der Waals surface area contributed by atoms with E-state index in [9.17, 15) is 4.39 Å². The number of aromatic nitrogens is 4. The molecule has 0 radical (unpaired) electrons. The Morgan fingerprint density at radius 1 is 1.00 bits per heavy atom. The molecule has 1 aromatic carbocycles. The van der Waals surface area contributed by atoms with Crippen LogP contribution in [0.5, 0.6) is 0 Å². The van der Waals surface area contributed by atoms with Crippen molar-refractivity contribution in [2.45, 2.75) is 0 Å². The van der Waals surface area contributed by atoms with Gasteiger partial charge in [0.05, 0.1) is 18.1 Å². The number of halogens is 2. The molecule has 0 aliphatic carbocycles. The van der Waals surface area contributed by atoms with Crippen molar-refractivity contribution in [3.8, 4) is 22.4 Å². The molecule has 4 rings (SSSR count). The third-order valence-corrected chi connectivity index (χ3v) is 4.11. The van der Waals surface area contributed by atoms with Crippen molar-refractivity contribution in [1.29, 1.82) is 0 Å². The van der Waals surface area contributed by atoms with Gasteiger partial charge in [0.25, 0.3) is 0 Å². The van der Waals surface area contributed by atoms with Crippen LogP contribution < -0.4 is 0 Å². The summed E-state index contributed by atoms with van der Waals surface area (Å²) in [5.41, 5.74) is 4.51. The second-order valence-corrected chi connectivity index (χ2v) is 5.65. The summed E-state index contributed by atoms with van der Waals surface area (Å²) in [6.07, 6.45) is 5.32. The Kier molecular flexibility index (Phi) is 3.16. The molecule has 0 unspecified atom stereocenters. The molecular formula is C17H12ClFN4. The fourth-order valence-electron chi connectivity index (χ4n) is 2.71. The zero-order valence-corrected chi connectivity index (χ0v) is 13.0. The molecule has 4 aromatic rings. The van der Waals surface area contributed by atoms with Crippen molar-refractivity contribution < 1.29 is 4.39 Å². The Hall–Kier alpha value is -2.66. The van der Waals surface area contributed by atoms with E-state index < -0.39 is 0 Å². The minimum absolute atomic E-state index is 0.259. The molecule has 4 nitrogen and oxygen atoms in total. The number of pyridine rings is 1. The number of hydrogen-bond donors (Lipinski definition) is 0. The van der Waals surface area contributed by atoms with Crippen LogP contribution in [0.4, 0.5) is 4.39 Å². The Labute approximate surface area is 136 Å². The van der Waals surface area contributed by atoms with Crippen molar-refractivity contribution in [2.75, 3.05) is 0 Å². The van der Waals surface area contributed by atoms with Crippen LogP contribution in [0.2, 0.25) is 5.15 Å². The van der Waals surface area contributed by atoms with Crippen LogP contribution in [-0.4, -0.2) is 19.2 Å². The summed E-state index contributed by atoms with van der Waals surface area (Å²) >= 11 is 6.16. The number of benzene rings is 1. The van der Waals surface area contributed by atoms with Crippen molar-refractivity contribution in [3.05, 3.63) is 66.0 Å². The summed E-state index contributed by atoms with van der Waals surface area (Å²) in [6, 6.07) is 10.3. The third kappa shape index (κ3) is 2.29. The molecule has 0 saturated carbocycles. The van der Waals surface area contributed by atoms with Gasteiger partial charge in [-0.05, 0) is 29.8 Å². The van der Waals surface area contributed by atoms with Gasteiger partial charge in [0.15, 0.2) is 0 Å². The van der Waals surface area contributed by atoms with Crippen molar-refractivity contribution in [1.82, 2.24) is 19.2 Å². The summed E-state index contributed by atoms with van der Waals surface area (Å²) in [7, 11) is 1.88. The lowest BCUT2D eigenvalue weighted by Crippen LogP contribution is -1.96. The number of hydrogen-bond acceptors (Lipinski definition) is 2. The van der Waals surface area contributed by atoms with Crippen LogP contribution in [0.15, 0.2) is 55.0 Å². The average molecular weight is 327 g/mol. The molecule has 0 amide bonds. The monoisotopic (exact) mass is 326 g/mol. The van der Waals surface area contributed by atoms with Gasteiger partial charge in [0.1, 0.15) is 16.6 Å². The highest BCUT2D eigenvalue weighted by Crippen LogP contribution is 2.32. The first kappa shape index (κ1) is 14.0. The lowest BCUT2D eigenvalue weighted by atomic mass is 10.0. The smallest absolute Gasteiger partial charge is 0.137 e. The SMILES string of the molecule is Cn1ncc(-c2ccc(F)cc2)c1-c1ccc2ncc(Cl)n2c1. The first-order valence-corrected chi connectivity index (χ1v) is 7.42. The van der Waals surface area contributed by atoms with Gasteiger partial charge in [0.2, 0.25) is 0 Å². The van der Waals surface area contributed by atoms with E-state index in [1.165, 1.54) is 12.1 Å². The Morgan fingerprint density at radius 2 is 1.74 bits per heavy atom. The van der Waals surface area contributed by atoms with Crippen LogP contribution in [0.1, 0.15) is 0 Å². The highest BCUT2D eigenvalue weighted by Gasteiger charge is 2.14. The van der Waals surface area contributed by atoms with Crippen LogP contribution in [0, 0.1) is 5.82 Å². The van der Waals surface area contributed by atoms with Gasteiger partial charge in [0, 0.05) is 24.4 Å². The molecule has 0 bridgehead atoms. The topological polar surface area (TPSA) is 35.1 Å². The zero-order chi connectivity index (χ0) is 16.0. The van der Waals surface area contributed by atoms with Gasteiger partial charge in [-0.25, -0.2) is 9.37 Å². The fourth-order valence-corrected chi connectivity index (χ4v) is 2.90. The van der Waals surface area contributed by atoms with Gasteiger partial charge >= 0.3 is 0 Å². The van der Waals surface area contributed by atoms with E-state index in [-0.39, 0.29) is 5.82 Å². The van der Waals surface area contributed by atoms with Crippen molar-refractivity contribution in [2.24, 2.45) is 7.05 Å². The molecule has 0 aliphatic heterocycles. The number of fused-ring (bicyclic) bond motifs is 1. The molecule has 0 spiro atoms. The zero-order valence-electron chi connectivity index (χ0n) is 12.2. The summed E-state index contributed by atoms with van der Waals surface area (Å²) in [5, 5.41) is 4.90. The van der Waals surface area contributed by atoms with E-state index in [2.05, 4.69) is 10.1 Å². The highest BCUT2D eigenvalue weighted by atomic mass is 35.5.